The molecule has 3 rings (SSSR count). The molecule has 1 saturated heterocycles. The highest BCUT2D eigenvalue weighted by atomic mass is 16.1. The van der Waals surface area contributed by atoms with Crippen LogP contribution in [0.4, 0.5) is 0 Å². The van der Waals surface area contributed by atoms with Crippen LogP contribution < -0.4 is 0 Å². The Labute approximate surface area is 110 Å². The number of hydrogen-bond acceptors (Lipinski definition) is 2. The van der Waals surface area contributed by atoms with Gasteiger partial charge in [0.05, 0.1) is 0 Å². The number of Topliss-reactive ketones (excluding diaryl/α,β-unsaturated/α-hetero) is 1. The molecule has 2 bridgehead atoms. The number of nitrogens with zero attached hydrogens (tertiary/aromatic N) is 1. The van der Waals surface area contributed by atoms with Crippen molar-refractivity contribution in [1.82, 2.24) is 4.90 Å². The Bertz CT molecular complexity index is 403. The van der Waals surface area contributed by atoms with Crippen LogP contribution in [0.2, 0.25) is 0 Å². The van der Waals surface area contributed by atoms with Crippen LogP contribution >= 0.6 is 0 Å². The summed E-state index contributed by atoms with van der Waals surface area (Å²) in [5.41, 5.74) is 1.20. The second-order valence-corrected chi connectivity index (χ2v) is 7.16. The lowest BCUT2D eigenvalue weighted by molar-refractivity contribution is -0.125. The van der Waals surface area contributed by atoms with Crippen LogP contribution in [0.25, 0.3) is 0 Å². The maximum absolute atomic E-state index is 12.7. The molecule has 2 aliphatic carbocycles. The predicted molar refractivity (Wildman–Crippen MR) is 73.1 cm³/mol. The molecular formula is C16H25NO. The van der Waals surface area contributed by atoms with Crippen LogP contribution in [0.1, 0.15) is 52.9 Å². The summed E-state index contributed by atoms with van der Waals surface area (Å²) in [6.45, 7) is 9.05. The molecule has 0 amide bonds. The minimum atomic E-state index is -0.0979. The monoisotopic (exact) mass is 247 g/mol. The van der Waals surface area contributed by atoms with Gasteiger partial charge in [-0.2, -0.15) is 0 Å². The van der Waals surface area contributed by atoms with Crippen molar-refractivity contribution in [2.45, 2.75) is 52.9 Å². The molecule has 2 atom stereocenters. The van der Waals surface area contributed by atoms with Crippen molar-refractivity contribution in [2.75, 3.05) is 13.1 Å². The van der Waals surface area contributed by atoms with Gasteiger partial charge in [0.2, 0.25) is 0 Å². The quantitative estimate of drug-likeness (QED) is 0.662. The first-order valence-electron chi connectivity index (χ1n) is 7.47. The molecule has 0 spiro atoms. The van der Waals surface area contributed by atoms with Crippen LogP contribution in [-0.2, 0) is 4.79 Å². The van der Waals surface area contributed by atoms with Gasteiger partial charge in [0, 0.05) is 30.3 Å². The highest BCUT2D eigenvalue weighted by Gasteiger charge is 2.64. The highest BCUT2D eigenvalue weighted by molar-refractivity contribution is 6.04. The molecule has 0 aromatic rings. The Morgan fingerprint density at radius 3 is 2.39 bits per heavy atom. The second-order valence-electron chi connectivity index (χ2n) is 7.16. The molecule has 2 heteroatoms. The van der Waals surface area contributed by atoms with Gasteiger partial charge in [-0.15, -0.1) is 0 Å². The summed E-state index contributed by atoms with van der Waals surface area (Å²) in [5.74, 6) is 0.936. The van der Waals surface area contributed by atoms with E-state index in [4.69, 9.17) is 0 Å². The zero-order valence-corrected chi connectivity index (χ0v) is 12.0. The number of hydrogen-bond donors (Lipinski definition) is 0. The molecule has 1 aliphatic heterocycles. The van der Waals surface area contributed by atoms with Gasteiger partial charge in [-0.25, -0.2) is 0 Å². The molecular weight excluding hydrogens is 222 g/mol. The minimum Gasteiger partial charge on any atom is -0.377 e. The van der Waals surface area contributed by atoms with Crippen molar-refractivity contribution in [3.63, 3.8) is 0 Å². The number of carbonyl (C=O) groups is 1. The molecule has 2 saturated carbocycles. The third-order valence-electron chi connectivity index (χ3n) is 6.08. The first-order chi connectivity index (χ1) is 8.47. The van der Waals surface area contributed by atoms with Crippen LogP contribution in [0.5, 0.6) is 0 Å². The predicted octanol–water partition coefficient (Wildman–Crippen LogP) is 3.38. The van der Waals surface area contributed by atoms with E-state index in [2.05, 4.69) is 31.9 Å². The van der Waals surface area contributed by atoms with E-state index >= 15 is 0 Å². The van der Waals surface area contributed by atoms with E-state index in [1.54, 1.807) is 0 Å². The smallest absolute Gasteiger partial charge is 0.167 e. The average Bonchev–Trinajstić information content (AvgIpc) is 2.65. The Balaban J connectivity index is 1.90. The fourth-order valence-electron chi connectivity index (χ4n) is 4.32. The van der Waals surface area contributed by atoms with E-state index in [9.17, 15) is 4.79 Å². The molecule has 0 N–H and O–H groups in total. The van der Waals surface area contributed by atoms with Crippen molar-refractivity contribution in [3.8, 4) is 0 Å². The van der Waals surface area contributed by atoms with Gasteiger partial charge >= 0.3 is 0 Å². The number of rotatable bonds is 1. The van der Waals surface area contributed by atoms with E-state index in [0.717, 1.165) is 25.1 Å². The number of carbonyl (C=O) groups excluding carboxylic acids is 1. The number of piperidine rings is 1. The zero-order valence-electron chi connectivity index (χ0n) is 12.0. The molecule has 0 aromatic carbocycles. The van der Waals surface area contributed by atoms with E-state index in [-0.39, 0.29) is 10.8 Å². The third kappa shape index (κ3) is 1.44. The van der Waals surface area contributed by atoms with Crippen LogP contribution in [0.3, 0.4) is 0 Å². The standard InChI is InChI=1S/C16H25NO/c1-15(2)13-7-8-16(15,3)14(18)12(13)11-17-9-5-4-6-10-17/h11,13H,4-10H2,1-3H3/b12-11+. The van der Waals surface area contributed by atoms with E-state index in [0.29, 0.717) is 11.7 Å². The van der Waals surface area contributed by atoms with Gasteiger partial charge in [0.25, 0.3) is 0 Å². The zero-order chi connectivity index (χ0) is 13.0. The lowest BCUT2D eigenvalue weighted by Gasteiger charge is -2.31. The lowest BCUT2D eigenvalue weighted by atomic mass is 9.70. The van der Waals surface area contributed by atoms with Gasteiger partial charge in [-0.3, -0.25) is 4.79 Å². The Morgan fingerprint density at radius 2 is 1.83 bits per heavy atom. The molecule has 18 heavy (non-hydrogen) atoms. The maximum atomic E-state index is 12.7. The van der Waals surface area contributed by atoms with Gasteiger partial charge in [-0.1, -0.05) is 20.8 Å². The maximum Gasteiger partial charge on any atom is 0.167 e. The molecule has 2 nitrogen and oxygen atoms in total. The van der Waals surface area contributed by atoms with Crippen molar-refractivity contribution in [1.29, 1.82) is 0 Å². The van der Waals surface area contributed by atoms with E-state index < -0.39 is 0 Å². The highest BCUT2D eigenvalue weighted by Crippen LogP contribution is 2.65. The topological polar surface area (TPSA) is 20.3 Å². The normalized spacial score (nSPS) is 40.8. The van der Waals surface area contributed by atoms with E-state index in [1.807, 2.05) is 0 Å². The van der Waals surface area contributed by atoms with Crippen molar-refractivity contribution < 1.29 is 4.79 Å². The third-order valence-corrected chi connectivity index (χ3v) is 6.08. The molecule has 2 unspecified atom stereocenters. The van der Waals surface area contributed by atoms with Gasteiger partial charge in [0.15, 0.2) is 5.78 Å². The van der Waals surface area contributed by atoms with Crippen LogP contribution in [0, 0.1) is 16.7 Å². The SMILES string of the molecule is CC12CCC(/C(=C\N3CCCCC3)C1=O)C2(C)C. The van der Waals surface area contributed by atoms with Crippen LogP contribution in [0.15, 0.2) is 11.8 Å². The van der Waals surface area contributed by atoms with Gasteiger partial charge in [0.1, 0.15) is 0 Å². The van der Waals surface area contributed by atoms with Crippen molar-refractivity contribution >= 4 is 5.78 Å². The summed E-state index contributed by atoms with van der Waals surface area (Å²) in [6.07, 6.45) is 8.42. The number of likely N-dealkylation sites (tertiary alicyclic amines) is 1. The second kappa shape index (κ2) is 3.85. The molecule has 100 valence electrons. The number of fused-ring (bicyclic) bond motifs is 2. The molecule has 3 aliphatic rings. The summed E-state index contributed by atoms with van der Waals surface area (Å²) < 4.78 is 0. The Morgan fingerprint density at radius 1 is 1.17 bits per heavy atom. The molecule has 0 aromatic heterocycles. The average molecular weight is 247 g/mol. The first kappa shape index (κ1) is 12.3. The van der Waals surface area contributed by atoms with Gasteiger partial charge in [-0.05, 0) is 43.4 Å². The molecule has 0 radical (unpaired) electrons. The summed E-state index contributed by atoms with van der Waals surface area (Å²) in [4.78, 5) is 15.1. The lowest BCUT2D eigenvalue weighted by Crippen LogP contribution is -2.32. The minimum absolute atomic E-state index is 0.0979. The molecule has 3 fully saturated rings. The van der Waals surface area contributed by atoms with Crippen molar-refractivity contribution in [3.05, 3.63) is 11.8 Å². The summed E-state index contributed by atoms with van der Waals surface area (Å²) >= 11 is 0. The Kier molecular flexibility index (Phi) is 2.62. The fraction of sp³-hybridized carbons (Fsp3) is 0.812. The summed E-state index contributed by atoms with van der Waals surface area (Å²) in [6, 6.07) is 0. The first-order valence-corrected chi connectivity index (χ1v) is 7.47. The largest absolute Gasteiger partial charge is 0.377 e. The molecule has 1 heterocycles. The summed E-state index contributed by atoms with van der Waals surface area (Å²) in [5, 5.41) is 0. The van der Waals surface area contributed by atoms with Crippen LogP contribution in [-0.4, -0.2) is 23.8 Å². The van der Waals surface area contributed by atoms with E-state index in [1.165, 1.54) is 25.7 Å². The Hall–Kier alpha value is -0.790. The van der Waals surface area contributed by atoms with Gasteiger partial charge < -0.3 is 4.90 Å². The summed E-state index contributed by atoms with van der Waals surface area (Å²) in [7, 11) is 0. The fourth-order valence-corrected chi connectivity index (χ4v) is 4.32. The number of allylic oxidation sites excluding steroid dienone is 1. The number of ketones is 1. The van der Waals surface area contributed by atoms with Crippen molar-refractivity contribution in [2.24, 2.45) is 16.7 Å².